The fraction of sp³-hybridized carbons (Fsp3) is 0.0476. The number of hydrogen-bond acceptors (Lipinski definition) is 4. The maximum absolute atomic E-state index is 13.4. The minimum Gasteiger partial charge on any atom is -0.478 e. The van der Waals surface area contributed by atoms with E-state index in [1.165, 1.54) is 18.2 Å². The number of carbonyl (C=O) groups is 1. The molecular weight excluding hydrogens is 412 g/mol. The fourth-order valence-electron chi connectivity index (χ4n) is 3.17. The molecule has 4 aromatic rings. The van der Waals surface area contributed by atoms with Gasteiger partial charge in [-0.1, -0.05) is 48.0 Å². The minimum absolute atomic E-state index is 0.0750. The van der Waals surface area contributed by atoms with Crippen LogP contribution in [0.4, 0.5) is 0 Å². The van der Waals surface area contributed by atoms with Crippen LogP contribution < -0.4 is 0 Å². The van der Waals surface area contributed by atoms with Crippen LogP contribution in [0.1, 0.15) is 15.9 Å². The number of halogens is 1. The standard InChI is InChI=1S/C21H15ClN2O4S/c1-13-17(22)6-4-8-19(13)29(27,28)24-18-7-3-2-5-16(18)20(23-24)14-9-11-15(12-10-14)21(25)26/h2-12H,1H3,(H,25,26). The van der Waals surface area contributed by atoms with Gasteiger partial charge in [-0.2, -0.15) is 17.6 Å². The quantitative estimate of drug-likeness (QED) is 0.515. The van der Waals surface area contributed by atoms with E-state index in [2.05, 4.69) is 5.10 Å². The van der Waals surface area contributed by atoms with Crippen molar-refractivity contribution in [2.24, 2.45) is 0 Å². The molecule has 8 heteroatoms. The van der Waals surface area contributed by atoms with Gasteiger partial charge in [-0.3, -0.25) is 0 Å². The van der Waals surface area contributed by atoms with Crippen molar-refractivity contribution in [1.29, 1.82) is 0 Å². The summed E-state index contributed by atoms with van der Waals surface area (Å²) in [4.78, 5) is 11.2. The summed E-state index contributed by atoms with van der Waals surface area (Å²) in [5.41, 5.74) is 2.06. The molecule has 0 bridgehead atoms. The SMILES string of the molecule is Cc1c(Cl)cccc1S(=O)(=O)n1nc(-c2ccc(C(=O)O)cc2)c2ccccc21. The Kier molecular flexibility index (Phi) is 4.64. The Morgan fingerprint density at radius 2 is 1.69 bits per heavy atom. The van der Waals surface area contributed by atoms with E-state index in [9.17, 15) is 13.2 Å². The van der Waals surface area contributed by atoms with E-state index in [1.54, 1.807) is 55.5 Å². The number of hydrogen-bond donors (Lipinski definition) is 1. The molecule has 1 heterocycles. The van der Waals surface area contributed by atoms with Crippen molar-refractivity contribution < 1.29 is 18.3 Å². The van der Waals surface area contributed by atoms with Gasteiger partial charge >= 0.3 is 5.97 Å². The largest absolute Gasteiger partial charge is 0.478 e. The summed E-state index contributed by atoms with van der Waals surface area (Å²) >= 11 is 6.12. The second-order valence-corrected chi connectivity index (χ2v) is 8.60. The summed E-state index contributed by atoms with van der Waals surface area (Å²) in [5, 5.41) is 14.5. The van der Waals surface area contributed by atoms with Crippen molar-refractivity contribution in [3.8, 4) is 11.3 Å². The normalized spacial score (nSPS) is 11.7. The second kappa shape index (κ2) is 7.02. The summed E-state index contributed by atoms with van der Waals surface area (Å²) < 4.78 is 27.7. The van der Waals surface area contributed by atoms with Gasteiger partial charge < -0.3 is 5.11 Å². The number of para-hydroxylation sites is 1. The minimum atomic E-state index is -4.00. The first-order chi connectivity index (χ1) is 13.8. The highest BCUT2D eigenvalue weighted by atomic mass is 35.5. The molecule has 3 aromatic carbocycles. The van der Waals surface area contributed by atoms with Crippen LogP contribution in [0.3, 0.4) is 0 Å². The van der Waals surface area contributed by atoms with Gasteiger partial charge in [0, 0.05) is 16.0 Å². The summed E-state index contributed by atoms with van der Waals surface area (Å²) in [5.74, 6) is -1.04. The lowest BCUT2D eigenvalue weighted by molar-refractivity contribution is 0.0697. The number of benzene rings is 3. The molecule has 0 amide bonds. The Labute approximate surface area is 172 Å². The van der Waals surface area contributed by atoms with Gasteiger partial charge in [0.1, 0.15) is 5.69 Å². The molecule has 0 fully saturated rings. The predicted octanol–water partition coefficient (Wildman–Crippen LogP) is 4.60. The Bertz CT molecular complexity index is 1360. The molecule has 0 unspecified atom stereocenters. The molecule has 0 aliphatic rings. The molecule has 146 valence electrons. The van der Waals surface area contributed by atoms with Gasteiger partial charge in [-0.05, 0) is 42.8 Å². The first-order valence-corrected chi connectivity index (χ1v) is 10.4. The number of fused-ring (bicyclic) bond motifs is 1. The first kappa shape index (κ1) is 19.2. The smallest absolute Gasteiger partial charge is 0.335 e. The molecule has 0 aliphatic heterocycles. The van der Waals surface area contributed by atoms with Gasteiger partial charge in [-0.15, -0.1) is 0 Å². The molecule has 0 saturated carbocycles. The molecule has 1 aromatic heterocycles. The molecular formula is C21H15ClN2O4S. The zero-order valence-corrected chi connectivity index (χ0v) is 16.8. The summed E-state index contributed by atoms with van der Waals surface area (Å²) in [6.45, 7) is 1.65. The zero-order valence-electron chi connectivity index (χ0n) is 15.2. The third-order valence-electron chi connectivity index (χ3n) is 4.68. The van der Waals surface area contributed by atoms with Crippen LogP contribution in [0.2, 0.25) is 5.02 Å². The molecule has 0 atom stereocenters. The van der Waals surface area contributed by atoms with Gasteiger partial charge in [-0.25, -0.2) is 4.79 Å². The maximum atomic E-state index is 13.4. The Hall–Kier alpha value is -3.16. The molecule has 0 aliphatic carbocycles. The highest BCUT2D eigenvalue weighted by molar-refractivity contribution is 7.90. The van der Waals surface area contributed by atoms with Crippen molar-refractivity contribution in [1.82, 2.24) is 9.19 Å². The van der Waals surface area contributed by atoms with Gasteiger partial charge in [0.05, 0.1) is 16.0 Å². The monoisotopic (exact) mass is 426 g/mol. The second-order valence-electron chi connectivity index (χ2n) is 6.46. The summed E-state index contributed by atoms with van der Waals surface area (Å²) in [6, 6.07) is 17.8. The van der Waals surface area contributed by atoms with Gasteiger partial charge in [0.25, 0.3) is 10.0 Å². The van der Waals surface area contributed by atoms with E-state index < -0.39 is 16.0 Å². The summed E-state index contributed by atoms with van der Waals surface area (Å²) in [6.07, 6.45) is 0. The Balaban J connectivity index is 1.95. The highest BCUT2D eigenvalue weighted by Crippen LogP contribution is 2.32. The molecule has 0 spiro atoms. The number of rotatable bonds is 4. The van der Waals surface area contributed by atoms with E-state index in [-0.39, 0.29) is 10.5 Å². The number of nitrogens with zero attached hydrogens (tertiary/aromatic N) is 2. The number of aromatic carboxylic acids is 1. The van der Waals surface area contributed by atoms with Crippen LogP contribution in [-0.2, 0) is 10.0 Å². The van der Waals surface area contributed by atoms with E-state index in [1.807, 2.05) is 0 Å². The van der Waals surface area contributed by atoms with E-state index in [4.69, 9.17) is 16.7 Å². The molecule has 1 N–H and O–H groups in total. The number of carboxylic acid groups (broad SMARTS) is 1. The molecule has 0 radical (unpaired) electrons. The third-order valence-corrected chi connectivity index (χ3v) is 6.83. The predicted molar refractivity (Wildman–Crippen MR) is 111 cm³/mol. The van der Waals surface area contributed by atoms with Crippen LogP contribution >= 0.6 is 11.6 Å². The topological polar surface area (TPSA) is 89.3 Å². The van der Waals surface area contributed by atoms with Crippen molar-refractivity contribution in [2.75, 3.05) is 0 Å². The average molecular weight is 427 g/mol. The molecule has 6 nitrogen and oxygen atoms in total. The lowest BCUT2D eigenvalue weighted by Gasteiger charge is -2.09. The Morgan fingerprint density at radius 1 is 1.00 bits per heavy atom. The van der Waals surface area contributed by atoms with Crippen LogP contribution in [0.25, 0.3) is 22.2 Å². The molecule has 0 saturated heterocycles. The molecule has 29 heavy (non-hydrogen) atoms. The number of carboxylic acids is 1. The average Bonchev–Trinajstić information content (AvgIpc) is 3.10. The zero-order chi connectivity index (χ0) is 20.8. The van der Waals surface area contributed by atoms with E-state index in [0.29, 0.717) is 32.7 Å². The van der Waals surface area contributed by atoms with Crippen LogP contribution in [0, 0.1) is 6.92 Å². The van der Waals surface area contributed by atoms with E-state index >= 15 is 0 Å². The number of aromatic nitrogens is 2. The van der Waals surface area contributed by atoms with Crippen molar-refractivity contribution in [2.45, 2.75) is 11.8 Å². The van der Waals surface area contributed by atoms with E-state index in [0.717, 1.165) is 4.09 Å². The molecule has 4 rings (SSSR count). The third kappa shape index (κ3) is 3.18. The van der Waals surface area contributed by atoms with Crippen LogP contribution in [-0.4, -0.2) is 28.7 Å². The fourth-order valence-corrected chi connectivity index (χ4v) is 4.94. The lowest BCUT2D eigenvalue weighted by atomic mass is 10.1. The Morgan fingerprint density at radius 3 is 2.38 bits per heavy atom. The van der Waals surface area contributed by atoms with Crippen LogP contribution in [0.15, 0.2) is 71.6 Å². The lowest BCUT2D eigenvalue weighted by Crippen LogP contribution is -2.16. The van der Waals surface area contributed by atoms with Gasteiger partial charge in [0.15, 0.2) is 0 Å². The van der Waals surface area contributed by atoms with Crippen molar-refractivity contribution >= 4 is 38.5 Å². The summed E-state index contributed by atoms with van der Waals surface area (Å²) in [7, 11) is -4.00. The maximum Gasteiger partial charge on any atom is 0.335 e. The van der Waals surface area contributed by atoms with Crippen molar-refractivity contribution in [3.63, 3.8) is 0 Å². The first-order valence-electron chi connectivity index (χ1n) is 8.63. The van der Waals surface area contributed by atoms with Gasteiger partial charge in [0.2, 0.25) is 0 Å². The van der Waals surface area contributed by atoms with Crippen LogP contribution in [0.5, 0.6) is 0 Å². The van der Waals surface area contributed by atoms with Crippen molar-refractivity contribution in [3.05, 3.63) is 82.9 Å². The highest BCUT2D eigenvalue weighted by Gasteiger charge is 2.25.